The number of nitrogens with zero attached hydrogens (tertiary/aromatic N) is 5. The van der Waals surface area contributed by atoms with Crippen molar-refractivity contribution in [2.24, 2.45) is 0 Å². The van der Waals surface area contributed by atoms with E-state index >= 15 is 0 Å². The molecule has 0 fully saturated rings. The quantitative estimate of drug-likeness (QED) is 0.711. The molecule has 3 aromatic heterocycles. The fourth-order valence-corrected chi connectivity index (χ4v) is 2.13. The third kappa shape index (κ3) is 2.38. The number of aryl methyl sites for hydroxylation is 2. The minimum Gasteiger partial charge on any atom is -0.253 e. The van der Waals surface area contributed by atoms with Crippen LogP contribution in [0, 0.1) is 13.8 Å². The summed E-state index contributed by atoms with van der Waals surface area (Å²) in [7, 11) is 0. The van der Waals surface area contributed by atoms with Crippen LogP contribution in [0.4, 0.5) is 0 Å². The molecule has 0 saturated carbocycles. The van der Waals surface area contributed by atoms with Crippen LogP contribution in [-0.2, 0) is 0 Å². The summed E-state index contributed by atoms with van der Waals surface area (Å²) in [5.41, 5.74) is 5.30. The van der Waals surface area contributed by atoms with Crippen molar-refractivity contribution in [1.82, 2.24) is 25.4 Å². The average molecular weight is 263 g/mol. The van der Waals surface area contributed by atoms with Crippen LogP contribution < -0.4 is 0 Å². The summed E-state index contributed by atoms with van der Waals surface area (Å²) < 4.78 is 0. The molecule has 0 spiro atoms. The highest BCUT2D eigenvalue weighted by molar-refractivity contribution is 5.76. The summed E-state index contributed by atoms with van der Waals surface area (Å²) in [6.07, 6.45) is 3.29. The lowest BCUT2D eigenvalue weighted by Gasteiger charge is -2.08. The topological polar surface area (TPSA) is 64.5 Å². The van der Waals surface area contributed by atoms with Gasteiger partial charge in [0, 0.05) is 17.5 Å². The highest BCUT2D eigenvalue weighted by Gasteiger charge is 2.12. The molecule has 0 bridgehead atoms. The predicted molar refractivity (Wildman–Crippen MR) is 75.8 cm³/mol. The maximum atomic E-state index is 4.57. The van der Waals surface area contributed by atoms with Crippen molar-refractivity contribution in [3.8, 4) is 22.6 Å². The lowest BCUT2D eigenvalue weighted by Crippen LogP contribution is -1.97. The van der Waals surface area contributed by atoms with Crippen molar-refractivity contribution < 1.29 is 0 Å². The molecule has 0 radical (unpaired) electrons. The highest BCUT2D eigenvalue weighted by atomic mass is 15.1. The third-order valence-corrected chi connectivity index (χ3v) is 2.91. The van der Waals surface area contributed by atoms with Gasteiger partial charge in [-0.2, -0.15) is 10.2 Å². The fourth-order valence-electron chi connectivity index (χ4n) is 2.13. The van der Waals surface area contributed by atoms with Gasteiger partial charge in [-0.25, -0.2) is 0 Å². The Hall–Kier alpha value is -2.69. The molecule has 0 saturated heterocycles. The lowest BCUT2D eigenvalue weighted by molar-refractivity contribution is 0.988. The van der Waals surface area contributed by atoms with Gasteiger partial charge in [0.25, 0.3) is 0 Å². The molecule has 3 aromatic rings. The SMILES string of the molecule is Cc1cc(C)nc(-c2ccnnc2-c2cccnn2)c1. The van der Waals surface area contributed by atoms with Gasteiger partial charge in [-0.15, -0.1) is 10.2 Å². The monoisotopic (exact) mass is 263 g/mol. The van der Waals surface area contributed by atoms with Crippen molar-refractivity contribution in [1.29, 1.82) is 0 Å². The van der Waals surface area contributed by atoms with E-state index < -0.39 is 0 Å². The minimum atomic E-state index is 0.691. The summed E-state index contributed by atoms with van der Waals surface area (Å²) in [6, 6.07) is 9.67. The van der Waals surface area contributed by atoms with Gasteiger partial charge in [-0.3, -0.25) is 4.98 Å². The Bertz CT molecular complexity index is 720. The second-order valence-corrected chi connectivity index (χ2v) is 4.57. The highest BCUT2D eigenvalue weighted by Crippen LogP contribution is 2.27. The zero-order chi connectivity index (χ0) is 13.9. The van der Waals surface area contributed by atoms with Crippen molar-refractivity contribution in [3.63, 3.8) is 0 Å². The molecule has 5 heteroatoms. The second-order valence-electron chi connectivity index (χ2n) is 4.57. The fraction of sp³-hybridized carbons (Fsp3) is 0.133. The van der Waals surface area contributed by atoms with Crippen LogP contribution >= 0.6 is 0 Å². The van der Waals surface area contributed by atoms with Crippen LogP contribution in [0.5, 0.6) is 0 Å². The average Bonchev–Trinajstić information content (AvgIpc) is 2.47. The first kappa shape index (κ1) is 12.3. The molecule has 0 aliphatic carbocycles. The Balaban J connectivity index is 2.20. The van der Waals surface area contributed by atoms with Crippen molar-refractivity contribution in [2.75, 3.05) is 0 Å². The third-order valence-electron chi connectivity index (χ3n) is 2.91. The standard InChI is InChI=1S/C15H13N5/c1-10-8-11(2)18-14(9-10)12-5-7-17-20-15(12)13-4-3-6-16-19-13/h3-9H,1-2H3. The Kier molecular flexibility index (Phi) is 3.16. The van der Waals surface area contributed by atoms with Crippen LogP contribution in [0.15, 0.2) is 42.7 Å². The van der Waals surface area contributed by atoms with Gasteiger partial charge < -0.3 is 0 Å². The first-order chi connectivity index (χ1) is 9.74. The minimum absolute atomic E-state index is 0.691. The zero-order valence-corrected chi connectivity index (χ0v) is 11.3. The number of pyridine rings is 1. The summed E-state index contributed by atoms with van der Waals surface area (Å²) in [5, 5.41) is 16.1. The van der Waals surface area contributed by atoms with Crippen LogP contribution in [0.1, 0.15) is 11.3 Å². The van der Waals surface area contributed by atoms with E-state index in [1.54, 1.807) is 12.4 Å². The van der Waals surface area contributed by atoms with E-state index in [1.165, 1.54) is 0 Å². The summed E-state index contributed by atoms with van der Waals surface area (Å²) in [4.78, 5) is 4.57. The van der Waals surface area contributed by atoms with E-state index in [0.717, 1.165) is 22.5 Å². The van der Waals surface area contributed by atoms with E-state index in [0.29, 0.717) is 11.4 Å². The maximum Gasteiger partial charge on any atom is 0.123 e. The maximum absolute atomic E-state index is 4.57. The van der Waals surface area contributed by atoms with Crippen molar-refractivity contribution in [2.45, 2.75) is 13.8 Å². The Morgan fingerprint density at radius 2 is 1.70 bits per heavy atom. The van der Waals surface area contributed by atoms with E-state index in [9.17, 15) is 0 Å². The molecule has 0 atom stereocenters. The van der Waals surface area contributed by atoms with Crippen LogP contribution in [0.25, 0.3) is 22.6 Å². The van der Waals surface area contributed by atoms with Crippen LogP contribution in [0.2, 0.25) is 0 Å². The van der Waals surface area contributed by atoms with E-state index in [2.05, 4.69) is 32.3 Å². The summed E-state index contributed by atoms with van der Waals surface area (Å²) >= 11 is 0. The molecule has 0 aromatic carbocycles. The Morgan fingerprint density at radius 3 is 2.45 bits per heavy atom. The predicted octanol–water partition coefficient (Wildman–Crippen LogP) is 2.61. The van der Waals surface area contributed by atoms with E-state index in [-0.39, 0.29) is 0 Å². The van der Waals surface area contributed by atoms with Crippen molar-refractivity contribution >= 4 is 0 Å². The zero-order valence-electron chi connectivity index (χ0n) is 11.3. The van der Waals surface area contributed by atoms with E-state index in [1.807, 2.05) is 37.3 Å². The van der Waals surface area contributed by atoms with E-state index in [4.69, 9.17) is 0 Å². The number of hydrogen-bond acceptors (Lipinski definition) is 5. The lowest BCUT2D eigenvalue weighted by atomic mass is 10.1. The molecular weight excluding hydrogens is 250 g/mol. The molecule has 0 amide bonds. The molecule has 3 heterocycles. The number of aromatic nitrogens is 5. The summed E-state index contributed by atoms with van der Waals surface area (Å²) in [5.74, 6) is 0. The largest absolute Gasteiger partial charge is 0.253 e. The first-order valence-electron chi connectivity index (χ1n) is 6.29. The molecule has 3 rings (SSSR count). The Labute approximate surface area is 116 Å². The van der Waals surface area contributed by atoms with Gasteiger partial charge in [0.15, 0.2) is 0 Å². The molecule has 98 valence electrons. The van der Waals surface area contributed by atoms with Gasteiger partial charge in [-0.05, 0) is 49.7 Å². The molecule has 0 unspecified atom stereocenters. The van der Waals surface area contributed by atoms with Gasteiger partial charge in [0.2, 0.25) is 0 Å². The first-order valence-corrected chi connectivity index (χ1v) is 6.29. The van der Waals surface area contributed by atoms with Crippen LogP contribution in [0.3, 0.4) is 0 Å². The molecular formula is C15H13N5. The van der Waals surface area contributed by atoms with Gasteiger partial charge >= 0.3 is 0 Å². The normalized spacial score (nSPS) is 10.5. The van der Waals surface area contributed by atoms with Gasteiger partial charge in [0.1, 0.15) is 11.4 Å². The van der Waals surface area contributed by atoms with Gasteiger partial charge in [0.05, 0.1) is 11.9 Å². The number of hydrogen-bond donors (Lipinski definition) is 0. The summed E-state index contributed by atoms with van der Waals surface area (Å²) in [6.45, 7) is 4.03. The number of rotatable bonds is 2. The Morgan fingerprint density at radius 1 is 0.850 bits per heavy atom. The smallest absolute Gasteiger partial charge is 0.123 e. The van der Waals surface area contributed by atoms with Gasteiger partial charge in [-0.1, -0.05) is 0 Å². The van der Waals surface area contributed by atoms with Crippen LogP contribution in [-0.4, -0.2) is 25.4 Å². The molecule has 20 heavy (non-hydrogen) atoms. The molecule has 0 N–H and O–H groups in total. The molecule has 0 aliphatic heterocycles. The molecule has 5 nitrogen and oxygen atoms in total. The van der Waals surface area contributed by atoms with Crippen molar-refractivity contribution in [3.05, 3.63) is 54.0 Å². The second kappa shape index (κ2) is 5.13. The molecule has 0 aliphatic rings.